The minimum Gasteiger partial charge on any atom is -0.495 e. The third-order valence-electron chi connectivity index (χ3n) is 7.12. The molecule has 2 N–H and O–H groups in total. The molecule has 1 saturated carbocycles. The molecule has 1 heterocycles. The Morgan fingerprint density at radius 2 is 1.61 bits per heavy atom. The van der Waals surface area contributed by atoms with Gasteiger partial charge in [0.1, 0.15) is 15.8 Å². The van der Waals surface area contributed by atoms with Crippen LogP contribution in [0.15, 0.2) is 79.0 Å². The molecule has 0 saturated heterocycles. The zero-order valence-electron chi connectivity index (χ0n) is 20.8. The number of hydrogen-bond donors (Lipinski definition) is 2. The highest BCUT2D eigenvalue weighted by Crippen LogP contribution is 2.42. The molecule has 1 unspecified atom stereocenters. The molecule has 7 nitrogen and oxygen atoms in total. The van der Waals surface area contributed by atoms with Gasteiger partial charge in [0.05, 0.1) is 24.6 Å². The summed E-state index contributed by atoms with van der Waals surface area (Å²) in [5.74, 6) is 0.247. The SMILES string of the molecule is COc1cc(C(=O)O)ccc1N(c1cnc(-c2ccc(C3CCC(c4ccccc4)CC3)cc2)s1)S(=O)O. The summed E-state index contributed by atoms with van der Waals surface area (Å²) in [7, 11) is 1.39. The zero-order chi connectivity index (χ0) is 26.6. The maximum absolute atomic E-state index is 12.3. The number of methoxy groups -OCH3 is 1. The average Bonchev–Trinajstić information content (AvgIpc) is 3.43. The van der Waals surface area contributed by atoms with Gasteiger partial charge in [0.25, 0.3) is 11.3 Å². The van der Waals surface area contributed by atoms with E-state index in [0.717, 1.165) is 10.6 Å². The van der Waals surface area contributed by atoms with Crippen molar-refractivity contribution in [1.82, 2.24) is 4.98 Å². The van der Waals surface area contributed by atoms with E-state index in [-0.39, 0.29) is 17.0 Å². The number of carboxylic acid groups (broad SMARTS) is 1. The van der Waals surface area contributed by atoms with Crippen LogP contribution in [0.1, 0.15) is 59.0 Å². The van der Waals surface area contributed by atoms with Crippen molar-refractivity contribution in [3.8, 4) is 16.3 Å². The molecule has 1 fully saturated rings. The molecule has 5 rings (SSSR count). The summed E-state index contributed by atoms with van der Waals surface area (Å²) in [6.45, 7) is 0. The first-order valence-electron chi connectivity index (χ1n) is 12.4. The molecular weight excluding hydrogens is 520 g/mol. The number of hydrogen-bond acceptors (Lipinski definition) is 5. The molecule has 1 atom stereocenters. The summed E-state index contributed by atoms with van der Waals surface area (Å²) in [4.78, 5) is 15.8. The van der Waals surface area contributed by atoms with Crippen molar-refractivity contribution >= 4 is 39.3 Å². The second kappa shape index (κ2) is 11.5. The lowest BCUT2D eigenvalue weighted by atomic mass is 9.76. The van der Waals surface area contributed by atoms with Gasteiger partial charge < -0.3 is 9.84 Å². The van der Waals surface area contributed by atoms with Gasteiger partial charge in [-0.3, -0.25) is 4.55 Å². The van der Waals surface area contributed by atoms with E-state index >= 15 is 0 Å². The molecular formula is C29H28N2O5S2. The maximum atomic E-state index is 12.3. The van der Waals surface area contributed by atoms with E-state index in [0.29, 0.717) is 16.8 Å². The molecule has 3 aromatic carbocycles. The van der Waals surface area contributed by atoms with Gasteiger partial charge in [0.2, 0.25) is 0 Å². The number of carbonyl (C=O) groups is 1. The summed E-state index contributed by atoms with van der Waals surface area (Å²) in [6.07, 6.45) is 6.26. The first kappa shape index (κ1) is 26.1. The molecule has 9 heteroatoms. The van der Waals surface area contributed by atoms with E-state index < -0.39 is 17.2 Å². The monoisotopic (exact) mass is 548 g/mol. The number of rotatable bonds is 8. The minimum atomic E-state index is -2.43. The molecule has 0 amide bonds. The lowest BCUT2D eigenvalue weighted by Gasteiger charge is -2.29. The van der Waals surface area contributed by atoms with Crippen LogP contribution in [0.5, 0.6) is 5.75 Å². The van der Waals surface area contributed by atoms with E-state index in [4.69, 9.17) is 4.74 Å². The van der Waals surface area contributed by atoms with Crippen LogP contribution < -0.4 is 9.04 Å². The molecule has 0 radical (unpaired) electrons. The van der Waals surface area contributed by atoms with Crippen molar-refractivity contribution in [2.75, 3.05) is 11.4 Å². The molecule has 4 aromatic rings. The highest BCUT2D eigenvalue weighted by molar-refractivity contribution is 7.81. The van der Waals surface area contributed by atoms with Crippen LogP contribution >= 0.6 is 11.3 Å². The number of benzene rings is 3. The largest absolute Gasteiger partial charge is 0.495 e. The molecule has 1 aliphatic rings. The van der Waals surface area contributed by atoms with Crippen molar-refractivity contribution in [1.29, 1.82) is 0 Å². The minimum absolute atomic E-state index is 0.0212. The Balaban J connectivity index is 1.32. The van der Waals surface area contributed by atoms with Crippen LogP contribution in [-0.2, 0) is 11.3 Å². The Morgan fingerprint density at radius 1 is 0.974 bits per heavy atom. The lowest BCUT2D eigenvalue weighted by molar-refractivity contribution is 0.0696. The van der Waals surface area contributed by atoms with Gasteiger partial charge in [-0.05, 0) is 66.8 Å². The van der Waals surface area contributed by atoms with E-state index in [1.54, 1.807) is 0 Å². The van der Waals surface area contributed by atoms with Crippen LogP contribution in [0, 0.1) is 0 Å². The number of nitrogens with zero attached hydrogens (tertiary/aromatic N) is 2. The van der Waals surface area contributed by atoms with Crippen LogP contribution in [0.2, 0.25) is 0 Å². The summed E-state index contributed by atoms with van der Waals surface area (Å²) in [5.41, 5.74) is 4.00. The predicted octanol–water partition coefficient (Wildman–Crippen LogP) is 7.23. The standard InChI is InChI=1S/C29H28N2O5S2/c1-36-26-17-24(29(32)33)15-16-25(26)31(38(34)35)27-18-30-28(37-27)23-13-11-22(12-14-23)21-9-7-20(8-10-21)19-5-3-2-4-6-19/h2-6,11-18,20-21H,7-10H2,1H3,(H,32,33)(H,34,35). The Kier molecular flexibility index (Phi) is 7.87. The maximum Gasteiger partial charge on any atom is 0.335 e. The fourth-order valence-corrected chi connectivity index (χ4v) is 6.80. The van der Waals surface area contributed by atoms with Gasteiger partial charge in [-0.2, -0.15) is 0 Å². The average molecular weight is 549 g/mol. The van der Waals surface area contributed by atoms with E-state index in [1.807, 2.05) is 0 Å². The fourth-order valence-electron chi connectivity index (χ4n) is 5.13. The third kappa shape index (κ3) is 5.50. The van der Waals surface area contributed by atoms with Crippen molar-refractivity contribution in [2.45, 2.75) is 37.5 Å². The summed E-state index contributed by atoms with van der Waals surface area (Å²) >= 11 is -1.15. The number of aromatic carboxylic acids is 1. The molecule has 1 aromatic heterocycles. The van der Waals surface area contributed by atoms with Gasteiger partial charge in [-0.15, -0.1) is 0 Å². The predicted molar refractivity (Wildman–Crippen MR) is 151 cm³/mol. The van der Waals surface area contributed by atoms with Crippen molar-refractivity contribution in [3.63, 3.8) is 0 Å². The van der Waals surface area contributed by atoms with Crippen molar-refractivity contribution in [2.24, 2.45) is 0 Å². The van der Waals surface area contributed by atoms with Crippen LogP contribution in [0.4, 0.5) is 10.7 Å². The van der Waals surface area contributed by atoms with Crippen LogP contribution in [0.25, 0.3) is 10.6 Å². The summed E-state index contributed by atoms with van der Waals surface area (Å²) < 4.78 is 28.9. The van der Waals surface area contributed by atoms with Gasteiger partial charge >= 0.3 is 5.97 Å². The number of carboxylic acids is 1. The van der Waals surface area contributed by atoms with Gasteiger partial charge in [0, 0.05) is 5.56 Å². The smallest absolute Gasteiger partial charge is 0.335 e. The Hall–Kier alpha value is -3.53. The quantitative estimate of drug-likeness (QED) is 0.225. The number of ether oxygens (including phenoxy) is 1. The zero-order valence-corrected chi connectivity index (χ0v) is 22.5. The molecule has 38 heavy (non-hydrogen) atoms. The number of anilines is 2. The summed E-state index contributed by atoms with van der Waals surface area (Å²) in [5, 5.41) is 10.4. The van der Waals surface area contributed by atoms with E-state index in [1.165, 1.54) is 84.0 Å². The lowest BCUT2D eigenvalue weighted by Crippen LogP contribution is -2.19. The highest BCUT2D eigenvalue weighted by Gasteiger charge is 2.25. The van der Waals surface area contributed by atoms with Crippen molar-refractivity contribution in [3.05, 3.63) is 95.7 Å². The van der Waals surface area contributed by atoms with Crippen LogP contribution in [0.3, 0.4) is 0 Å². The second-order valence-corrected chi connectivity index (χ2v) is 11.1. The normalized spacial score (nSPS) is 18.1. The molecule has 1 aliphatic carbocycles. The van der Waals surface area contributed by atoms with Crippen LogP contribution in [-0.4, -0.2) is 31.9 Å². The Bertz CT molecular complexity index is 1430. The fraction of sp³-hybridized carbons (Fsp3) is 0.241. The Labute approximate surface area is 228 Å². The first-order valence-corrected chi connectivity index (χ1v) is 14.3. The summed E-state index contributed by atoms with van der Waals surface area (Å²) in [6, 6.07) is 23.4. The molecule has 0 aliphatic heterocycles. The Morgan fingerprint density at radius 3 is 2.18 bits per heavy atom. The van der Waals surface area contributed by atoms with Crippen molar-refractivity contribution < 1.29 is 23.4 Å². The van der Waals surface area contributed by atoms with E-state index in [2.05, 4.69) is 59.6 Å². The number of thiazole rings is 1. The third-order valence-corrected chi connectivity index (χ3v) is 8.98. The molecule has 196 valence electrons. The molecule has 0 spiro atoms. The first-order chi connectivity index (χ1) is 18.4. The van der Waals surface area contributed by atoms with E-state index in [9.17, 15) is 18.7 Å². The highest BCUT2D eigenvalue weighted by atomic mass is 32.2. The second-order valence-electron chi connectivity index (χ2n) is 9.30. The van der Waals surface area contributed by atoms with Gasteiger partial charge in [-0.1, -0.05) is 65.9 Å². The van der Waals surface area contributed by atoms with Gasteiger partial charge in [-0.25, -0.2) is 18.3 Å². The molecule has 0 bridgehead atoms. The topological polar surface area (TPSA) is 100.0 Å². The van der Waals surface area contributed by atoms with Gasteiger partial charge in [0.15, 0.2) is 0 Å². The number of aromatic nitrogens is 1.